The van der Waals surface area contributed by atoms with Crippen molar-refractivity contribution in [3.05, 3.63) is 53.1 Å². The summed E-state index contributed by atoms with van der Waals surface area (Å²) < 4.78 is 12.9. The molecule has 30 heavy (non-hydrogen) atoms. The van der Waals surface area contributed by atoms with Crippen molar-refractivity contribution in [1.82, 2.24) is 14.9 Å². The van der Waals surface area contributed by atoms with Crippen molar-refractivity contribution in [1.29, 1.82) is 0 Å². The minimum atomic E-state index is -0.328. The number of fused-ring (bicyclic) bond motifs is 3. The molecule has 158 valence electrons. The molecule has 4 heterocycles. The van der Waals surface area contributed by atoms with Gasteiger partial charge in [-0.15, -0.1) is 0 Å². The molecule has 1 amide bonds. The van der Waals surface area contributed by atoms with Gasteiger partial charge in [-0.1, -0.05) is 11.6 Å². The molecule has 0 bridgehead atoms. The standard InChI is InChI=1S/C23H26ClN3O3/c1-22(2)17-12-23(14-29-20(17)16-11-15(24)3-4-19(16)30-22)5-9-27(10-6-23)21(28)18-13-25-7-8-26-18/h3-4,7-8,11,13,17,20H,5-6,9-10,12,14H2,1-2H3/t17-,20+/m0/s1. The Morgan fingerprint density at radius 2 is 2.03 bits per heavy atom. The molecule has 3 aliphatic rings. The van der Waals surface area contributed by atoms with Gasteiger partial charge in [0.1, 0.15) is 17.0 Å². The van der Waals surface area contributed by atoms with Crippen LogP contribution in [0.25, 0.3) is 0 Å². The molecule has 1 aromatic heterocycles. The summed E-state index contributed by atoms with van der Waals surface area (Å²) in [4.78, 5) is 22.8. The molecule has 0 N–H and O–H groups in total. The van der Waals surface area contributed by atoms with Crippen LogP contribution in [0.3, 0.4) is 0 Å². The van der Waals surface area contributed by atoms with Gasteiger partial charge in [0.15, 0.2) is 0 Å². The Kier molecular flexibility index (Phi) is 4.75. The van der Waals surface area contributed by atoms with E-state index < -0.39 is 0 Å². The van der Waals surface area contributed by atoms with Crippen molar-refractivity contribution in [3.63, 3.8) is 0 Å². The first kappa shape index (κ1) is 19.8. The van der Waals surface area contributed by atoms with Gasteiger partial charge >= 0.3 is 0 Å². The average molecular weight is 428 g/mol. The molecule has 0 unspecified atom stereocenters. The summed E-state index contributed by atoms with van der Waals surface area (Å²) >= 11 is 6.26. The zero-order chi connectivity index (χ0) is 20.9. The van der Waals surface area contributed by atoms with Crippen LogP contribution in [0.1, 0.15) is 55.3 Å². The van der Waals surface area contributed by atoms with Crippen LogP contribution in [0.5, 0.6) is 5.75 Å². The highest BCUT2D eigenvalue weighted by molar-refractivity contribution is 6.30. The van der Waals surface area contributed by atoms with Crippen LogP contribution in [-0.4, -0.2) is 46.1 Å². The zero-order valence-electron chi connectivity index (χ0n) is 17.3. The third-order valence-electron chi connectivity index (χ3n) is 7.03. The number of piperidine rings is 1. The molecule has 3 aliphatic heterocycles. The molecule has 6 nitrogen and oxygen atoms in total. The third kappa shape index (κ3) is 3.36. The summed E-state index contributed by atoms with van der Waals surface area (Å²) in [5, 5.41) is 0.704. The summed E-state index contributed by atoms with van der Waals surface area (Å²) in [6.07, 6.45) is 7.52. The van der Waals surface area contributed by atoms with Crippen LogP contribution in [0.4, 0.5) is 0 Å². The van der Waals surface area contributed by atoms with Gasteiger partial charge in [-0.3, -0.25) is 9.78 Å². The number of likely N-dealkylation sites (tertiary alicyclic amines) is 1. The maximum Gasteiger partial charge on any atom is 0.274 e. The van der Waals surface area contributed by atoms with Crippen molar-refractivity contribution in [2.75, 3.05) is 19.7 Å². The van der Waals surface area contributed by atoms with E-state index >= 15 is 0 Å². The van der Waals surface area contributed by atoms with Gasteiger partial charge in [0.2, 0.25) is 0 Å². The van der Waals surface area contributed by atoms with Crippen LogP contribution in [0, 0.1) is 11.3 Å². The fourth-order valence-corrected chi connectivity index (χ4v) is 5.41. The lowest BCUT2D eigenvalue weighted by molar-refractivity contribution is -0.173. The lowest BCUT2D eigenvalue weighted by Crippen LogP contribution is -2.54. The van der Waals surface area contributed by atoms with E-state index in [1.165, 1.54) is 6.20 Å². The third-order valence-corrected chi connectivity index (χ3v) is 7.26. The van der Waals surface area contributed by atoms with E-state index in [1.54, 1.807) is 12.4 Å². The molecule has 7 heteroatoms. The van der Waals surface area contributed by atoms with E-state index in [0.717, 1.165) is 30.6 Å². The molecular formula is C23H26ClN3O3. The topological polar surface area (TPSA) is 64.6 Å². The van der Waals surface area contributed by atoms with E-state index in [1.807, 2.05) is 23.1 Å². The van der Waals surface area contributed by atoms with Crippen LogP contribution >= 0.6 is 11.6 Å². The number of rotatable bonds is 1. The van der Waals surface area contributed by atoms with Crippen molar-refractivity contribution < 1.29 is 14.3 Å². The van der Waals surface area contributed by atoms with Crippen molar-refractivity contribution >= 4 is 17.5 Å². The zero-order valence-corrected chi connectivity index (χ0v) is 18.1. The quantitative estimate of drug-likeness (QED) is 0.678. The Morgan fingerprint density at radius 3 is 2.77 bits per heavy atom. The van der Waals surface area contributed by atoms with Crippen LogP contribution < -0.4 is 4.74 Å². The van der Waals surface area contributed by atoms with Gasteiger partial charge < -0.3 is 14.4 Å². The van der Waals surface area contributed by atoms with E-state index in [4.69, 9.17) is 21.1 Å². The molecule has 5 rings (SSSR count). The Morgan fingerprint density at radius 1 is 1.23 bits per heavy atom. The van der Waals surface area contributed by atoms with Crippen molar-refractivity contribution in [2.24, 2.45) is 11.3 Å². The molecule has 0 radical (unpaired) electrons. The Labute approximate surface area is 181 Å². The fraction of sp³-hybridized carbons (Fsp3) is 0.522. The highest BCUT2D eigenvalue weighted by Gasteiger charge is 2.53. The molecule has 1 aromatic carbocycles. The smallest absolute Gasteiger partial charge is 0.274 e. The lowest BCUT2D eigenvalue weighted by atomic mass is 9.64. The maximum atomic E-state index is 12.7. The second kappa shape index (κ2) is 7.20. The number of amides is 1. The molecule has 0 aliphatic carbocycles. The monoisotopic (exact) mass is 427 g/mol. The average Bonchev–Trinajstić information content (AvgIpc) is 2.75. The van der Waals surface area contributed by atoms with Gasteiger partial charge in [0.25, 0.3) is 5.91 Å². The largest absolute Gasteiger partial charge is 0.487 e. The Hall–Kier alpha value is -2.18. The molecule has 0 saturated carbocycles. The molecule has 2 aromatic rings. The van der Waals surface area contributed by atoms with Gasteiger partial charge in [0, 0.05) is 42.0 Å². The second-order valence-corrected chi connectivity index (χ2v) is 9.75. The molecule has 2 fully saturated rings. The first-order valence-electron chi connectivity index (χ1n) is 10.5. The second-order valence-electron chi connectivity index (χ2n) is 9.31. The van der Waals surface area contributed by atoms with Gasteiger partial charge in [0.05, 0.1) is 18.9 Å². The van der Waals surface area contributed by atoms with E-state index in [-0.39, 0.29) is 28.9 Å². The first-order valence-corrected chi connectivity index (χ1v) is 10.9. The summed E-state index contributed by atoms with van der Waals surface area (Å²) in [5.41, 5.74) is 1.20. The van der Waals surface area contributed by atoms with E-state index in [9.17, 15) is 4.79 Å². The number of hydrogen-bond acceptors (Lipinski definition) is 5. The highest BCUT2D eigenvalue weighted by atomic mass is 35.5. The SMILES string of the molecule is CC1(C)Oc2ccc(Cl)cc2[C@H]2OCC3(CCN(C(=O)c4cnccn4)CC3)C[C@@H]21. The maximum absolute atomic E-state index is 12.7. The van der Waals surface area contributed by atoms with Crippen molar-refractivity contribution in [3.8, 4) is 5.75 Å². The van der Waals surface area contributed by atoms with Crippen LogP contribution in [-0.2, 0) is 4.74 Å². The lowest BCUT2D eigenvalue weighted by Gasteiger charge is -2.54. The molecule has 2 atom stereocenters. The van der Waals surface area contributed by atoms with Gasteiger partial charge in [-0.2, -0.15) is 0 Å². The number of halogens is 1. The number of nitrogens with zero attached hydrogens (tertiary/aromatic N) is 3. The van der Waals surface area contributed by atoms with Crippen molar-refractivity contribution in [2.45, 2.75) is 44.8 Å². The molecule has 2 saturated heterocycles. The fourth-order valence-electron chi connectivity index (χ4n) is 5.23. The summed E-state index contributed by atoms with van der Waals surface area (Å²) in [5.74, 6) is 1.06. The predicted octanol–water partition coefficient (Wildman–Crippen LogP) is 4.30. The minimum absolute atomic E-state index is 0.00710. The molecule has 1 spiro atoms. The van der Waals surface area contributed by atoms with Crippen LogP contribution in [0.2, 0.25) is 5.02 Å². The number of ether oxygens (including phenoxy) is 2. The number of benzene rings is 1. The Bertz CT molecular complexity index is 957. The highest BCUT2D eigenvalue weighted by Crippen LogP contribution is 2.55. The summed E-state index contributed by atoms with van der Waals surface area (Å²) in [6, 6.07) is 5.79. The number of hydrogen-bond donors (Lipinski definition) is 0. The normalized spacial score (nSPS) is 26.4. The molecular weight excluding hydrogens is 402 g/mol. The van der Waals surface area contributed by atoms with Crippen LogP contribution in [0.15, 0.2) is 36.8 Å². The van der Waals surface area contributed by atoms with E-state index in [0.29, 0.717) is 30.4 Å². The van der Waals surface area contributed by atoms with E-state index in [2.05, 4.69) is 23.8 Å². The Balaban J connectivity index is 1.33. The first-order chi connectivity index (χ1) is 14.4. The van der Waals surface area contributed by atoms with Gasteiger partial charge in [-0.05, 0) is 56.7 Å². The summed E-state index contributed by atoms with van der Waals surface area (Å²) in [6.45, 7) is 6.41. The predicted molar refractivity (Wildman–Crippen MR) is 113 cm³/mol. The minimum Gasteiger partial charge on any atom is -0.487 e. The van der Waals surface area contributed by atoms with Gasteiger partial charge in [-0.25, -0.2) is 4.98 Å². The number of aromatic nitrogens is 2. The number of carbonyl (C=O) groups excluding carboxylic acids is 1. The number of carbonyl (C=O) groups is 1. The summed E-state index contributed by atoms with van der Waals surface area (Å²) in [7, 11) is 0.